The number of halogens is 3. The molecule has 0 saturated carbocycles. The molecule has 0 aromatic heterocycles. The number of nitrogens with one attached hydrogen (secondary N) is 2. The Balaban J connectivity index is 2.08. The van der Waals surface area contributed by atoms with Crippen molar-refractivity contribution in [2.45, 2.75) is 25.2 Å². The molecule has 2 unspecified atom stereocenters. The lowest BCUT2D eigenvalue weighted by Crippen LogP contribution is -2.43. The number of alkyl halides is 3. The number of hydrogen-bond acceptors (Lipinski definition) is 4. The molecule has 0 aliphatic heterocycles. The van der Waals surface area contributed by atoms with Crippen molar-refractivity contribution in [1.29, 1.82) is 0 Å². The highest BCUT2D eigenvalue weighted by molar-refractivity contribution is 5.95. The monoisotopic (exact) mass is 382 g/mol. The van der Waals surface area contributed by atoms with E-state index in [-0.39, 0.29) is 5.56 Å². The van der Waals surface area contributed by atoms with E-state index < -0.39 is 29.8 Å². The van der Waals surface area contributed by atoms with Gasteiger partial charge in [0.25, 0.3) is 0 Å². The number of carbonyl (C=O) groups excluding carboxylic acids is 1. The van der Waals surface area contributed by atoms with Crippen molar-refractivity contribution in [2.75, 3.05) is 19.0 Å². The first kappa shape index (κ1) is 20.7. The van der Waals surface area contributed by atoms with E-state index in [1.54, 1.807) is 24.3 Å². The minimum atomic E-state index is -4.46. The summed E-state index contributed by atoms with van der Waals surface area (Å²) in [5.41, 5.74) is -0.120. The second-order valence-corrected chi connectivity index (χ2v) is 5.78. The molecule has 2 aromatic carbocycles. The first-order valence-corrected chi connectivity index (χ1v) is 8.32. The Hall–Kier alpha value is -2.58. The number of carbonyl (C=O) groups is 1. The smallest absolute Gasteiger partial charge is 0.416 e. The zero-order chi connectivity index (χ0) is 20.0. The SMILES string of the molecule is CCOc1ccc(NC(=O)C(NC)C(O)c2ccc(C(F)(F)F)cc2)cc1. The second kappa shape index (κ2) is 8.88. The fourth-order valence-corrected chi connectivity index (χ4v) is 2.52. The summed E-state index contributed by atoms with van der Waals surface area (Å²) < 4.78 is 43.3. The number of likely N-dealkylation sites (N-methyl/N-ethyl adjacent to an activating group) is 1. The number of aliphatic hydroxyl groups excluding tert-OH is 1. The van der Waals surface area contributed by atoms with E-state index >= 15 is 0 Å². The van der Waals surface area contributed by atoms with Crippen molar-refractivity contribution >= 4 is 11.6 Å². The maximum Gasteiger partial charge on any atom is 0.416 e. The number of amides is 1. The van der Waals surface area contributed by atoms with Gasteiger partial charge >= 0.3 is 6.18 Å². The lowest BCUT2D eigenvalue weighted by molar-refractivity contribution is -0.137. The first-order valence-electron chi connectivity index (χ1n) is 8.32. The molecule has 2 aromatic rings. The summed E-state index contributed by atoms with van der Waals surface area (Å²) in [6, 6.07) is 9.70. The Kier molecular flexibility index (Phi) is 6.81. The quantitative estimate of drug-likeness (QED) is 0.687. The van der Waals surface area contributed by atoms with Crippen LogP contribution in [0.2, 0.25) is 0 Å². The molecule has 0 bridgehead atoms. The molecular formula is C19H21F3N2O3. The summed E-state index contributed by atoms with van der Waals surface area (Å²) in [5, 5.41) is 15.8. The lowest BCUT2D eigenvalue weighted by atomic mass is 10.00. The van der Waals surface area contributed by atoms with Gasteiger partial charge < -0.3 is 20.5 Å². The maximum atomic E-state index is 12.6. The van der Waals surface area contributed by atoms with Gasteiger partial charge in [0.15, 0.2) is 0 Å². The number of anilines is 1. The third kappa shape index (κ3) is 5.45. The van der Waals surface area contributed by atoms with Crippen LogP contribution in [0.3, 0.4) is 0 Å². The predicted molar refractivity (Wildman–Crippen MR) is 95.5 cm³/mol. The molecule has 0 spiro atoms. The summed E-state index contributed by atoms with van der Waals surface area (Å²) in [6.07, 6.45) is -5.78. The standard InChI is InChI=1S/C19H21F3N2O3/c1-3-27-15-10-8-14(9-11-15)24-18(26)16(23-2)17(25)12-4-6-13(7-5-12)19(20,21)22/h4-11,16-17,23,25H,3H2,1-2H3,(H,24,26). The van der Waals surface area contributed by atoms with E-state index in [0.29, 0.717) is 18.0 Å². The minimum Gasteiger partial charge on any atom is -0.494 e. The molecule has 0 aliphatic carbocycles. The highest BCUT2D eigenvalue weighted by Crippen LogP contribution is 2.30. The van der Waals surface area contributed by atoms with E-state index in [1.807, 2.05) is 6.92 Å². The van der Waals surface area contributed by atoms with Gasteiger partial charge in [0.05, 0.1) is 12.2 Å². The van der Waals surface area contributed by atoms with Crippen molar-refractivity contribution in [2.24, 2.45) is 0 Å². The molecule has 3 N–H and O–H groups in total. The van der Waals surface area contributed by atoms with Crippen molar-refractivity contribution in [1.82, 2.24) is 5.32 Å². The third-order valence-corrected chi connectivity index (χ3v) is 3.92. The first-order chi connectivity index (χ1) is 12.8. The van der Waals surface area contributed by atoms with Crippen LogP contribution in [0.25, 0.3) is 0 Å². The van der Waals surface area contributed by atoms with Crippen LogP contribution in [0.15, 0.2) is 48.5 Å². The van der Waals surface area contributed by atoms with Gasteiger partial charge in [-0.1, -0.05) is 12.1 Å². The summed E-state index contributed by atoms with van der Waals surface area (Å²) in [5.74, 6) is 0.138. The average molecular weight is 382 g/mol. The third-order valence-electron chi connectivity index (χ3n) is 3.92. The van der Waals surface area contributed by atoms with E-state index in [0.717, 1.165) is 24.3 Å². The predicted octanol–water partition coefficient (Wildman–Crippen LogP) is 3.36. The molecule has 146 valence electrons. The van der Waals surface area contributed by atoms with Gasteiger partial charge in [-0.3, -0.25) is 4.79 Å². The highest BCUT2D eigenvalue weighted by atomic mass is 19.4. The average Bonchev–Trinajstić information content (AvgIpc) is 2.63. The fourth-order valence-electron chi connectivity index (χ4n) is 2.52. The molecule has 2 rings (SSSR count). The Bertz CT molecular complexity index is 746. The molecule has 0 aliphatic rings. The van der Waals surface area contributed by atoms with Crippen molar-refractivity contribution in [3.05, 3.63) is 59.7 Å². The molecule has 5 nitrogen and oxygen atoms in total. The van der Waals surface area contributed by atoms with E-state index in [9.17, 15) is 23.1 Å². The fraction of sp³-hybridized carbons (Fsp3) is 0.316. The lowest BCUT2D eigenvalue weighted by Gasteiger charge is -2.22. The number of hydrogen-bond donors (Lipinski definition) is 3. The number of benzene rings is 2. The molecule has 0 fully saturated rings. The van der Waals surface area contributed by atoms with E-state index in [1.165, 1.54) is 7.05 Å². The number of rotatable bonds is 7. The Morgan fingerprint density at radius 2 is 1.70 bits per heavy atom. The summed E-state index contributed by atoms with van der Waals surface area (Å²) in [4.78, 5) is 12.5. The zero-order valence-electron chi connectivity index (χ0n) is 14.9. The highest BCUT2D eigenvalue weighted by Gasteiger charge is 2.31. The largest absolute Gasteiger partial charge is 0.494 e. The van der Waals surface area contributed by atoms with Crippen molar-refractivity contribution in [3.63, 3.8) is 0 Å². The second-order valence-electron chi connectivity index (χ2n) is 5.78. The van der Waals surface area contributed by atoms with Gasteiger partial charge in [0.2, 0.25) is 5.91 Å². The van der Waals surface area contributed by atoms with Gasteiger partial charge in [-0.2, -0.15) is 13.2 Å². The topological polar surface area (TPSA) is 70.6 Å². The van der Waals surface area contributed by atoms with E-state index in [4.69, 9.17) is 4.74 Å². The number of ether oxygens (including phenoxy) is 1. The molecule has 0 radical (unpaired) electrons. The summed E-state index contributed by atoms with van der Waals surface area (Å²) >= 11 is 0. The molecule has 0 heterocycles. The minimum absolute atomic E-state index is 0.198. The van der Waals surface area contributed by atoms with Crippen LogP contribution in [0, 0.1) is 0 Å². The Morgan fingerprint density at radius 3 is 2.19 bits per heavy atom. The number of aliphatic hydroxyl groups is 1. The van der Waals surface area contributed by atoms with Crippen molar-refractivity contribution in [3.8, 4) is 5.75 Å². The maximum absolute atomic E-state index is 12.6. The van der Waals surface area contributed by atoms with Crippen LogP contribution in [-0.4, -0.2) is 30.7 Å². The van der Waals surface area contributed by atoms with Gasteiger partial charge in [-0.15, -0.1) is 0 Å². The van der Waals surface area contributed by atoms with Gasteiger partial charge in [-0.05, 0) is 55.9 Å². The Morgan fingerprint density at radius 1 is 1.11 bits per heavy atom. The van der Waals surface area contributed by atoms with Crippen molar-refractivity contribution < 1.29 is 27.8 Å². The molecule has 8 heteroatoms. The molecule has 2 atom stereocenters. The van der Waals surface area contributed by atoms with Crippen LogP contribution in [0.5, 0.6) is 5.75 Å². The molecular weight excluding hydrogens is 361 g/mol. The summed E-state index contributed by atoms with van der Waals surface area (Å²) in [7, 11) is 1.48. The molecule has 0 saturated heterocycles. The van der Waals surface area contributed by atoms with Crippen LogP contribution in [0.1, 0.15) is 24.2 Å². The van der Waals surface area contributed by atoms with Gasteiger partial charge in [0.1, 0.15) is 17.9 Å². The van der Waals surface area contributed by atoms with Gasteiger partial charge in [0, 0.05) is 5.69 Å². The Labute approximate surface area is 155 Å². The van der Waals surface area contributed by atoms with Crippen LogP contribution < -0.4 is 15.4 Å². The summed E-state index contributed by atoms with van der Waals surface area (Å²) in [6.45, 7) is 2.38. The van der Waals surface area contributed by atoms with Crippen LogP contribution >= 0.6 is 0 Å². The molecule has 27 heavy (non-hydrogen) atoms. The normalized spacial score (nSPS) is 13.7. The van der Waals surface area contributed by atoms with Crippen LogP contribution in [0.4, 0.5) is 18.9 Å². The van der Waals surface area contributed by atoms with E-state index in [2.05, 4.69) is 10.6 Å². The zero-order valence-corrected chi connectivity index (χ0v) is 14.9. The molecule has 1 amide bonds. The van der Waals surface area contributed by atoms with Crippen LogP contribution in [-0.2, 0) is 11.0 Å². The van der Waals surface area contributed by atoms with Gasteiger partial charge in [-0.25, -0.2) is 0 Å².